The summed E-state index contributed by atoms with van der Waals surface area (Å²) >= 11 is 0. The summed E-state index contributed by atoms with van der Waals surface area (Å²) in [5.74, 6) is 0. The largest absolute Gasteiger partial charge is 0.399 e. The van der Waals surface area contributed by atoms with Gasteiger partial charge in [0.1, 0.15) is 0 Å². The Morgan fingerprint density at radius 1 is 1.28 bits per heavy atom. The first kappa shape index (κ1) is 12.9. The predicted octanol–water partition coefficient (Wildman–Crippen LogP) is 3.46. The lowest BCUT2D eigenvalue weighted by Crippen LogP contribution is -2.09. The van der Waals surface area contributed by atoms with Crippen LogP contribution in [0.25, 0.3) is 0 Å². The van der Waals surface area contributed by atoms with E-state index < -0.39 is 0 Å². The first-order valence-electron chi connectivity index (χ1n) is 6.82. The number of rotatable bonds is 6. The van der Waals surface area contributed by atoms with Crippen LogP contribution in [-0.4, -0.2) is 16.7 Å². The molecule has 1 aliphatic heterocycles. The Morgan fingerprint density at radius 2 is 2.06 bits per heavy atom. The number of unbranched alkanes of at least 4 members (excludes halogenated alkanes) is 2. The van der Waals surface area contributed by atoms with E-state index in [4.69, 9.17) is 4.84 Å². The van der Waals surface area contributed by atoms with Gasteiger partial charge < -0.3 is 4.84 Å². The number of hydrogen-bond donors (Lipinski definition) is 0. The minimum Gasteiger partial charge on any atom is -0.399 e. The van der Waals surface area contributed by atoms with E-state index >= 15 is 0 Å². The van der Waals surface area contributed by atoms with Gasteiger partial charge in [-0.1, -0.05) is 56.5 Å². The van der Waals surface area contributed by atoms with E-state index in [0.717, 1.165) is 29.9 Å². The number of nitrogens with zero attached hydrogens (tertiary/aromatic N) is 1. The smallest absolute Gasteiger partial charge is 0.227 e. The SMILES string of the molecule is CCCCCC1CC(Cc2ccccc2)=[N+]([O-])O1. The van der Waals surface area contributed by atoms with Crippen LogP contribution in [0, 0.1) is 5.21 Å². The maximum absolute atomic E-state index is 11.7. The first-order chi connectivity index (χ1) is 8.79. The topological polar surface area (TPSA) is 35.3 Å². The summed E-state index contributed by atoms with van der Waals surface area (Å²) in [4.78, 5) is 6.07. The van der Waals surface area contributed by atoms with E-state index in [1.165, 1.54) is 18.4 Å². The van der Waals surface area contributed by atoms with Crippen LogP contribution < -0.4 is 0 Å². The number of benzene rings is 1. The van der Waals surface area contributed by atoms with Gasteiger partial charge in [-0.15, -0.1) is 0 Å². The number of hydrogen-bond acceptors (Lipinski definition) is 2. The molecule has 0 bridgehead atoms. The monoisotopic (exact) mass is 247 g/mol. The van der Waals surface area contributed by atoms with Crippen molar-refractivity contribution in [1.29, 1.82) is 0 Å². The molecule has 1 unspecified atom stereocenters. The fraction of sp³-hybridized carbons (Fsp3) is 0.533. The lowest BCUT2D eigenvalue weighted by Gasteiger charge is -2.09. The average Bonchev–Trinajstić information content (AvgIpc) is 2.72. The van der Waals surface area contributed by atoms with Crippen molar-refractivity contribution in [1.82, 2.24) is 0 Å². The molecule has 0 aliphatic carbocycles. The van der Waals surface area contributed by atoms with Crippen LogP contribution in [0.4, 0.5) is 0 Å². The van der Waals surface area contributed by atoms with Gasteiger partial charge in [0.15, 0.2) is 0 Å². The molecular weight excluding hydrogens is 226 g/mol. The Bertz CT molecular complexity index is 400. The standard InChI is InChI=1S/C15H21NO2/c1-2-3-5-10-15-12-14(16(17)18-15)11-13-8-6-4-7-9-13/h4,6-9,15H,2-3,5,10-12H2,1H3. The first-order valence-corrected chi connectivity index (χ1v) is 6.82. The molecule has 0 N–H and O–H groups in total. The van der Waals surface area contributed by atoms with Gasteiger partial charge in [0.2, 0.25) is 5.71 Å². The van der Waals surface area contributed by atoms with Crippen molar-refractivity contribution in [3.63, 3.8) is 0 Å². The summed E-state index contributed by atoms with van der Waals surface area (Å²) in [7, 11) is 0. The van der Waals surface area contributed by atoms with E-state index in [-0.39, 0.29) is 6.10 Å². The van der Waals surface area contributed by atoms with E-state index in [9.17, 15) is 5.21 Å². The lowest BCUT2D eigenvalue weighted by atomic mass is 10.0. The molecule has 1 aromatic carbocycles. The van der Waals surface area contributed by atoms with Crippen LogP contribution in [0.5, 0.6) is 0 Å². The van der Waals surface area contributed by atoms with Crippen molar-refractivity contribution in [3.8, 4) is 0 Å². The fourth-order valence-corrected chi connectivity index (χ4v) is 2.33. The molecule has 0 aromatic heterocycles. The minimum atomic E-state index is 0.0905. The Kier molecular flexibility index (Phi) is 4.62. The van der Waals surface area contributed by atoms with Crippen molar-refractivity contribution in [2.45, 2.75) is 51.6 Å². The van der Waals surface area contributed by atoms with Crippen molar-refractivity contribution in [3.05, 3.63) is 41.1 Å². The maximum Gasteiger partial charge on any atom is 0.227 e. The van der Waals surface area contributed by atoms with Gasteiger partial charge >= 0.3 is 0 Å². The molecule has 18 heavy (non-hydrogen) atoms. The second kappa shape index (κ2) is 6.43. The van der Waals surface area contributed by atoms with Gasteiger partial charge in [0, 0.05) is 4.90 Å². The summed E-state index contributed by atoms with van der Waals surface area (Å²) in [6.45, 7) is 2.18. The molecule has 1 atom stereocenters. The molecule has 0 saturated carbocycles. The quantitative estimate of drug-likeness (QED) is 0.570. The highest BCUT2D eigenvalue weighted by molar-refractivity contribution is 5.83. The normalized spacial score (nSPS) is 19.1. The summed E-state index contributed by atoms with van der Waals surface area (Å²) in [6.07, 6.45) is 6.13. The van der Waals surface area contributed by atoms with Crippen molar-refractivity contribution in [2.24, 2.45) is 0 Å². The highest BCUT2D eigenvalue weighted by Gasteiger charge is 2.27. The van der Waals surface area contributed by atoms with Gasteiger partial charge in [-0.25, -0.2) is 0 Å². The van der Waals surface area contributed by atoms with Crippen LogP contribution in [0.2, 0.25) is 0 Å². The van der Waals surface area contributed by atoms with E-state index in [1.54, 1.807) is 0 Å². The molecule has 0 spiro atoms. The minimum absolute atomic E-state index is 0.0905. The second-order valence-electron chi connectivity index (χ2n) is 4.91. The molecule has 2 rings (SSSR count). The molecule has 1 aromatic rings. The second-order valence-corrected chi connectivity index (χ2v) is 4.91. The van der Waals surface area contributed by atoms with Crippen LogP contribution in [0.3, 0.4) is 0 Å². The zero-order valence-electron chi connectivity index (χ0n) is 11.0. The molecule has 3 heteroatoms. The molecule has 0 amide bonds. The highest BCUT2D eigenvalue weighted by atomic mass is 16.9. The Morgan fingerprint density at radius 3 is 2.78 bits per heavy atom. The Balaban J connectivity index is 1.85. The Hall–Kier alpha value is -1.51. The van der Waals surface area contributed by atoms with Crippen LogP contribution >= 0.6 is 0 Å². The third kappa shape index (κ3) is 3.49. The predicted molar refractivity (Wildman–Crippen MR) is 72.4 cm³/mol. The summed E-state index contributed by atoms with van der Waals surface area (Å²) in [6, 6.07) is 10.1. The third-order valence-corrected chi connectivity index (χ3v) is 3.35. The van der Waals surface area contributed by atoms with Gasteiger partial charge in [-0.3, -0.25) is 5.21 Å². The zero-order valence-corrected chi connectivity index (χ0v) is 11.0. The molecule has 1 heterocycles. The zero-order chi connectivity index (χ0) is 12.8. The van der Waals surface area contributed by atoms with E-state index in [1.807, 2.05) is 30.3 Å². The summed E-state index contributed by atoms with van der Waals surface area (Å²) in [5, 5.41) is 11.7. The van der Waals surface area contributed by atoms with E-state index in [0.29, 0.717) is 6.42 Å². The van der Waals surface area contributed by atoms with E-state index in [2.05, 4.69) is 6.92 Å². The Labute approximate surface area is 109 Å². The molecule has 98 valence electrons. The third-order valence-electron chi connectivity index (χ3n) is 3.35. The van der Waals surface area contributed by atoms with Gasteiger partial charge in [0.25, 0.3) is 0 Å². The highest BCUT2D eigenvalue weighted by Crippen LogP contribution is 2.18. The van der Waals surface area contributed by atoms with Gasteiger partial charge in [-0.05, 0) is 12.0 Å². The molecule has 3 nitrogen and oxygen atoms in total. The molecule has 0 radical (unpaired) electrons. The fourth-order valence-electron chi connectivity index (χ4n) is 2.33. The van der Waals surface area contributed by atoms with Crippen molar-refractivity contribution in [2.75, 3.05) is 0 Å². The molecule has 0 fully saturated rings. The van der Waals surface area contributed by atoms with Crippen LogP contribution in [0.1, 0.15) is 44.6 Å². The lowest BCUT2D eigenvalue weighted by molar-refractivity contribution is -0.741. The average molecular weight is 247 g/mol. The molecule has 0 saturated heterocycles. The summed E-state index contributed by atoms with van der Waals surface area (Å²) < 4.78 is 0. The maximum atomic E-state index is 11.7. The van der Waals surface area contributed by atoms with Gasteiger partial charge in [0.05, 0.1) is 18.9 Å². The van der Waals surface area contributed by atoms with Crippen molar-refractivity contribution >= 4 is 5.71 Å². The van der Waals surface area contributed by atoms with Crippen molar-refractivity contribution < 1.29 is 9.74 Å². The van der Waals surface area contributed by atoms with Crippen LogP contribution in [0.15, 0.2) is 30.3 Å². The molecule has 1 aliphatic rings. The molecular formula is C15H21NO2. The summed E-state index contributed by atoms with van der Waals surface area (Å²) in [5.41, 5.74) is 2.02. The van der Waals surface area contributed by atoms with Crippen LogP contribution in [-0.2, 0) is 11.3 Å². The van der Waals surface area contributed by atoms with Gasteiger partial charge in [-0.2, -0.15) is 0 Å².